The van der Waals surface area contributed by atoms with Crippen molar-refractivity contribution in [3.8, 4) is 0 Å². The Labute approximate surface area is 142 Å². The second kappa shape index (κ2) is 8.12. The molecule has 0 saturated heterocycles. The Balaban J connectivity index is 1.91. The first-order chi connectivity index (χ1) is 11.4. The highest BCUT2D eigenvalue weighted by Gasteiger charge is 2.19. The molecule has 24 heavy (non-hydrogen) atoms. The Hall–Kier alpha value is -2.12. The summed E-state index contributed by atoms with van der Waals surface area (Å²) in [6.45, 7) is 2.27. The lowest BCUT2D eigenvalue weighted by molar-refractivity contribution is -0.116. The molecule has 0 aliphatic rings. The zero-order valence-corrected chi connectivity index (χ0v) is 14.7. The number of nitrogens with one attached hydrogen (secondary N) is 1. The highest BCUT2D eigenvalue weighted by Crippen LogP contribution is 2.12. The Kier molecular flexibility index (Phi) is 6.16. The number of rotatable bonds is 8. The van der Waals surface area contributed by atoms with Gasteiger partial charge in [-0.1, -0.05) is 19.1 Å². The van der Waals surface area contributed by atoms with Crippen LogP contribution < -0.4 is 5.32 Å². The van der Waals surface area contributed by atoms with Crippen LogP contribution in [-0.2, 0) is 27.8 Å². The van der Waals surface area contributed by atoms with E-state index in [-0.39, 0.29) is 25.4 Å². The number of amides is 1. The van der Waals surface area contributed by atoms with Crippen molar-refractivity contribution >= 4 is 21.6 Å². The first kappa shape index (κ1) is 18.2. The van der Waals surface area contributed by atoms with Crippen molar-refractivity contribution in [1.29, 1.82) is 0 Å². The molecule has 0 aliphatic carbocycles. The number of aryl methyl sites for hydroxylation is 1. The molecule has 2 rings (SSSR count). The summed E-state index contributed by atoms with van der Waals surface area (Å²) in [6, 6.07) is 11.0. The fraction of sp³-hybridized carbons (Fsp3) is 0.353. The minimum atomic E-state index is -3.43. The summed E-state index contributed by atoms with van der Waals surface area (Å²) in [6.07, 6.45) is 3.62. The highest BCUT2D eigenvalue weighted by molar-refractivity contribution is 7.88. The van der Waals surface area contributed by atoms with Gasteiger partial charge in [-0.15, -0.1) is 0 Å². The van der Waals surface area contributed by atoms with E-state index >= 15 is 0 Å². The minimum absolute atomic E-state index is 0.0727. The topological polar surface area (TPSA) is 79.6 Å². The molecule has 1 aromatic heterocycles. The number of benzene rings is 1. The second-order valence-electron chi connectivity index (χ2n) is 5.52. The molecule has 0 fully saturated rings. The van der Waals surface area contributed by atoms with Crippen LogP contribution in [0.2, 0.25) is 0 Å². The molecule has 0 atom stereocenters. The Bertz CT molecular complexity index is 752. The fourth-order valence-electron chi connectivity index (χ4n) is 2.21. The molecule has 0 aliphatic heterocycles. The molecule has 6 nitrogen and oxygen atoms in total. The van der Waals surface area contributed by atoms with Crippen molar-refractivity contribution < 1.29 is 17.6 Å². The van der Waals surface area contributed by atoms with Crippen molar-refractivity contribution in [1.82, 2.24) is 4.31 Å². The van der Waals surface area contributed by atoms with Crippen molar-refractivity contribution in [3.05, 3.63) is 54.0 Å². The zero-order chi connectivity index (χ0) is 17.6. The lowest BCUT2D eigenvalue weighted by atomic mass is 10.1. The molecule has 0 bridgehead atoms. The fourth-order valence-corrected chi connectivity index (χ4v) is 3.00. The number of nitrogens with zero attached hydrogens (tertiary/aromatic N) is 1. The average Bonchev–Trinajstić information content (AvgIpc) is 3.04. The normalized spacial score (nSPS) is 11.6. The van der Waals surface area contributed by atoms with E-state index in [4.69, 9.17) is 4.42 Å². The van der Waals surface area contributed by atoms with Gasteiger partial charge in [-0.05, 0) is 36.2 Å². The molecular formula is C17H22N2O4S. The summed E-state index contributed by atoms with van der Waals surface area (Å²) in [5.41, 5.74) is 1.89. The summed E-state index contributed by atoms with van der Waals surface area (Å²) in [5, 5.41) is 2.78. The molecule has 0 radical (unpaired) electrons. The summed E-state index contributed by atoms with van der Waals surface area (Å²) in [7, 11) is -3.43. The summed E-state index contributed by atoms with van der Waals surface area (Å²) in [4.78, 5) is 12.0. The monoisotopic (exact) mass is 350 g/mol. The molecule has 1 amide bonds. The molecular weight excluding hydrogens is 328 g/mol. The number of anilines is 1. The van der Waals surface area contributed by atoms with E-state index in [1.54, 1.807) is 12.1 Å². The number of carbonyl (C=O) groups is 1. The second-order valence-corrected chi connectivity index (χ2v) is 7.51. The molecule has 1 N–H and O–H groups in total. The molecule has 2 aromatic rings. The quantitative estimate of drug-likeness (QED) is 0.794. The average molecular weight is 350 g/mol. The Morgan fingerprint density at radius 2 is 1.92 bits per heavy atom. The maximum absolute atomic E-state index is 12.0. The van der Waals surface area contributed by atoms with Crippen LogP contribution >= 0.6 is 0 Å². The van der Waals surface area contributed by atoms with E-state index in [0.717, 1.165) is 12.7 Å². The van der Waals surface area contributed by atoms with Gasteiger partial charge in [-0.25, -0.2) is 8.42 Å². The van der Waals surface area contributed by atoms with Crippen LogP contribution in [0.15, 0.2) is 47.1 Å². The lowest BCUT2D eigenvalue weighted by Crippen LogP contribution is -2.32. The molecule has 0 spiro atoms. The van der Waals surface area contributed by atoms with E-state index < -0.39 is 10.0 Å². The maximum Gasteiger partial charge on any atom is 0.225 e. The van der Waals surface area contributed by atoms with Crippen LogP contribution in [0.4, 0.5) is 5.69 Å². The third kappa shape index (κ3) is 5.50. The van der Waals surface area contributed by atoms with Crippen molar-refractivity contribution in [2.24, 2.45) is 0 Å². The van der Waals surface area contributed by atoms with Crippen LogP contribution in [0.5, 0.6) is 0 Å². The van der Waals surface area contributed by atoms with Crippen molar-refractivity contribution in [2.45, 2.75) is 26.3 Å². The minimum Gasteiger partial charge on any atom is -0.468 e. The van der Waals surface area contributed by atoms with E-state index in [1.807, 2.05) is 24.3 Å². The smallest absolute Gasteiger partial charge is 0.225 e. The zero-order valence-electron chi connectivity index (χ0n) is 13.9. The van der Waals surface area contributed by atoms with Crippen molar-refractivity contribution in [3.63, 3.8) is 0 Å². The van der Waals surface area contributed by atoms with Crippen LogP contribution in [0.3, 0.4) is 0 Å². The van der Waals surface area contributed by atoms with Gasteiger partial charge in [0, 0.05) is 18.7 Å². The standard InChI is InChI=1S/C17H22N2O4S/c1-3-14-6-8-15(9-7-14)18-17(20)10-11-19(24(2,21)22)13-16-5-4-12-23-16/h4-9,12H,3,10-11,13H2,1-2H3,(H,18,20). The van der Waals surface area contributed by atoms with Gasteiger partial charge in [0.15, 0.2) is 0 Å². The van der Waals surface area contributed by atoms with Crippen LogP contribution in [0.1, 0.15) is 24.7 Å². The van der Waals surface area contributed by atoms with Crippen LogP contribution in [0.25, 0.3) is 0 Å². The third-order valence-corrected chi connectivity index (χ3v) is 4.87. The van der Waals surface area contributed by atoms with E-state index in [9.17, 15) is 13.2 Å². The Morgan fingerprint density at radius 3 is 2.46 bits per heavy atom. The summed E-state index contributed by atoms with van der Waals surface area (Å²) in [5.74, 6) is 0.309. The van der Waals surface area contributed by atoms with Gasteiger partial charge in [-0.2, -0.15) is 4.31 Å². The van der Waals surface area contributed by atoms with Gasteiger partial charge in [0.05, 0.1) is 19.1 Å². The molecule has 0 unspecified atom stereocenters. The summed E-state index contributed by atoms with van der Waals surface area (Å²) < 4.78 is 30.1. The molecule has 1 heterocycles. The highest BCUT2D eigenvalue weighted by atomic mass is 32.2. The van der Waals surface area contributed by atoms with Gasteiger partial charge < -0.3 is 9.73 Å². The number of furan rings is 1. The molecule has 130 valence electrons. The van der Waals surface area contributed by atoms with Gasteiger partial charge in [0.1, 0.15) is 5.76 Å². The van der Waals surface area contributed by atoms with Crippen LogP contribution in [-0.4, -0.2) is 31.4 Å². The number of hydrogen-bond donors (Lipinski definition) is 1. The lowest BCUT2D eigenvalue weighted by Gasteiger charge is -2.18. The number of carbonyl (C=O) groups excluding carboxylic acids is 1. The predicted molar refractivity (Wildman–Crippen MR) is 93.0 cm³/mol. The van der Waals surface area contributed by atoms with Gasteiger partial charge in [0.2, 0.25) is 15.9 Å². The first-order valence-corrected chi connectivity index (χ1v) is 9.59. The molecule has 7 heteroatoms. The van der Waals surface area contributed by atoms with E-state index in [1.165, 1.54) is 16.1 Å². The van der Waals surface area contributed by atoms with Gasteiger partial charge >= 0.3 is 0 Å². The maximum atomic E-state index is 12.0. The predicted octanol–water partition coefficient (Wildman–Crippen LogP) is 2.63. The van der Waals surface area contributed by atoms with E-state index in [0.29, 0.717) is 11.4 Å². The van der Waals surface area contributed by atoms with Crippen molar-refractivity contribution in [2.75, 3.05) is 18.1 Å². The Morgan fingerprint density at radius 1 is 1.21 bits per heavy atom. The van der Waals surface area contributed by atoms with Crippen LogP contribution in [0, 0.1) is 0 Å². The van der Waals surface area contributed by atoms with Gasteiger partial charge in [-0.3, -0.25) is 4.79 Å². The molecule has 0 saturated carbocycles. The third-order valence-electron chi connectivity index (χ3n) is 3.62. The SMILES string of the molecule is CCc1ccc(NC(=O)CCN(Cc2ccco2)S(C)(=O)=O)cc1. The summed E-state index contributed by atoms with van der Waals surface area (Å²) >= 11 is 0. The first-order valence-electron chi connectivity index (χ1n) is 7.75. The number of hydrogen-bond acceptors (Lipinski definition) is 4. The molecule has 1 aromatic carbocycles. The van der Waals surface area contributed by atoms with E-state index in [2.05, 4.69) is 12.2 Å². The largest absolute Gasteiger partial charge is 0.468 e. The number of sulfonamides is 1. The van der Waals surface area contributed by atoms with Gasteiger partial charge in [0.25, 0.3) is 0 Å².